The van der Waals surface area contributed by atoms with E-state index in [1.54, 1.807) is 11.8 Å². The van der Waals surface area contributed by atoms with Gasteiger partial charge in [0.1, 0.15) is 17.1 Å². The highest BCUT2D eigenvalue weighted by Crippen LogP contribution is 2.50. The summed E-state index contributed by atoms with van der Waals surface area (Å²) in [4.78, 5) is 41.6. The first-order chi connectivity index (χ1) is 21.8. The molecule has 2 fully saturated rings. The quantitative estimate of drug-likeness (QED) is 0.282. The Kier molecular flexibility index (Phi) is 7.88. The van der Waals surface area contributed by atoms with E-state index in [-0.39, 0.29) is 61.5 Å². The van der Waals surface area contributed by atoms with Crippen LogP contribution < -0.4 is 15.2 Å². The lowest BCUT2D eigenvalue weighted by Crippen LogP contribution is -2.57. The van der Waals surface area contributed by atoms with Crippen molar-refractivity contribution in [2.45, 2.75) is 38.1 Å². The Morgan fingerprint density at radius 1 is 1.13 bits per heavy atom. The SMILES string of the molecule is CCn1cc(C(=O)O)c(=O)c2cc(F)c(N3CCN(CN4C(=O)O[C@](C#CC5CC5)(C(F)(F)F)c5cc(Cl)ccc54)CC3)c(F)c21. The molecule has 15 heteroatoms. The average Bonchev–Trinajstić information content (AvgIpc) is 3.83. The minimum absolute atomic E-state index is 0.000716. The molecule has 0 spiro atoms. The number of fused-ring (bicyclic) bond motifs is 2. The summed E-state index contributed by atoms with van der Waals surface area (Å²) < 4.78 is 81.3. The predicted molar refractivity (Wildman–Crippen MR) is 158 cm³/mol. The molecule has 0 bridgehead atoms. The second-order valence-electron chi connectivity index (χ2n) is 11.3. The fourth-order valence-corrected chi connectivity index (χ4v) is 5.96. The number of hydrogen-bond acceptors (Lipinski definition) is 6. The van der Waals surface area contributed by atoms with Gasteiger partial charge in [-0.15, -0.1) is 0 Å². The van der Waals surface area contributed by atoms with Crippen molar-refractivity contribution in [3.63, 3.8) is 0 Å². The molecule has 0 unspecified atom stereocenters. The first-order valence-electron chi connectivity index (χ1n) is 14.4. The Morgan fingerprint density at radius 3 is 2.43 bits per heavy atom. The summed E-state index contributed by atoms with van der Waals surface area (Å²) >= 11 is 6.09. The Morgan fingerprint density at radius 2 is 1.83 bits per heavy atom. The summed E-state index contributed by atoms with van der Waals surface area (Å²) in [7, 11) is 0. The summed E-state index contributed by atoms with van der Waals surface area (Å²) in [6, 6.07) is 4.58. The minimum Gasteiger partial charge on any atom is -0.477 e. The van der Waals surface area contributed by atoms with Crippen LogP contribution in [0, 0.1) is 29.4 Å². The van der Waals surface area contributed by atoms with Crippen molar-refractivity contribution >= 4 is 45.9 Å². The zero-order valence-corrected chi connectivity index (χ0v) is 25.0. The van der Waals surface area contributed by atoms with Crippen LogP contribution in [0.4, 0.5) is 38.1 Å². The third-order valence-electron chi connectivity index (χ3n) is 8.35. The van der Waals surface area contributed by atoms with E-state index in [0.717, 1.165) is 23.2 Å². The number of piperazine rings is 1. The molecule has 3 heterocycles. The van der Waals surface area contributed by atoms with Gasteiger partial charge in [0.25, 0.3) is 5.60 Å². The molecular weight excluding hydrogens is 639 g/mol. The van der Waals surface area contributed by atoms with Gasteiger partial charge in [-0.05, 0) is 50.0 Å². The van der Waals surface area contributed by atoms with Crippen LogP contribution in [-0.4, -0.2) is 65.7 Å². The second kappa shape index (κ2) is 11.5. The third-order valence-corrected chi connectivity index (χ3v) is 8.58. The van der Waals surface area contributed by atoms with Gasteiger partial charge in [0, 0.05) is 55.4 Å². The number of ether oxygens (including phenoxy) is 1. The van der Waals surface area contributed by atoms with Crippen molar-refractivity contribution in [3.8, 4) is 11.8 Å². The van der Waals surface area contributed by atoms with Crippen molar-refractivity contribution in [2.75, 3.05) is 42.6 Å². The first-order valence-corrected chi connectivity index (χ1v) is 14.8. The standard InChI is InChI=1S/C31H26ClF5N4O5/c1-2-39-15-20(28(43)44)27(42)19-14-22(33)26(24(34)25(19)39)40-11-9-38(10-12-40)16-41-23-6-5-18(32)13-21(23)30(31(35,36)37,46-29(41)45)8-7-17-3-4-17/h5-6,13-15,17H,2-4,9-12,16H2,1H3,(H,43,44)/t30-/m0/s1. The predicted octanol–water partition coefficient (Wildman–Crippen LogP) is 5.56. The first kappa shape index (κ1) is 31.6. The Labute approximate surface area is 263 Å². The number of alkyl halides is 3. The molecule has 9 nitrogen and oxygen atoms in total. The number of benzene rings is 2. The topological polar surface area (TPSA) is 95.3 Å². The highest BCUT2D eigenvalue weighted by Gasteiger charge is 2.63. The summed E-state index contributed by atoms with van der Waals surface area (Å²) in [5, 5.41) is 8.96. The highest BCUT2D eigenvalue weighted by molar-refractivity contribution is 6.30. The van der Waals surface area contributed by atoms with E-state index < -0.39 is 63.1 Å². The van der Waals surface area contributed by atoms with Gasteiger partial charge < -0.3 is 19.3 Å². The molecule has 2 aromatic carbocycles. The van der Waals surface area contributed by atoms with Crippen molar-refractivity contribution in [2.24, 2.45) is 5.92 Å². The van der Waals surface area contributed by atoms with Crippen molar-refractivity contribution < 1.29 is 41.4 Å². The molecular formula is C31H26ClF5N4O5. The molecule has 6 rings (SSSR count). The number of aryl methyl sites for hydroxylation is 1. The molecule has 2 aliphatic heterocycles. The van der Waals surface area contributed by atoms with Gasteiger partial charge in [0.05, 0.1) is 23.3 Å². The van der Waals surface area contributed by atoms with Crippen LogP contribution in [0.25, 0.3) is 10.9 Å². The Hall–Kier alpha value is -4.35. The maximum atomic E-state index is 15.9. The van der Waals surface area contributed by atoms with E-state index in [4.69, 9.17) is 16.3 Å². The lowest BCUT2D eigenvalue weighted by atomic mass is 9.89. The van der Waals surface area contributed by atoms with Crippen LogP contribution in [-0.2, 0) is 16.9 Å². The van der Waals surface area contributed by atoms with Crippen molar-refractivity contribution in [1.82, 2.24) is 9.47 Å². The minimum atomic E-state index is -5.06. The number of carboxylic acid groups (broad SMARTS) is 1. The number of carboxylic acids is 1. The summed E-state index contributed by atoms with van der Waals surface area (Å²) in [6.07, 6.45) is -3.99. The number of halogens is 6. The van der Waals surface area contributed by atoms with Crippen LogP contribution in [0.15, 0.2) is 35.3 Å². The normalized spacial score (nSPS) is 20.3. The number of carbonyl (C=O) groups is 2. The molecule has 1 amide bonds. The largest absolute Gasteiger partial charge is 0.477 e. The van der Waals surface area contributed by atoms with Crippen LogP contribution in [0.1, 0.15) is 35.7 Å². The number of amides is 1. The second-order valence-corrected chi connectivity index (χ2v) is 11.7. The van der Waals surface area contributed by atoms with Gasteiger partial charge in [-0.2, -0.15) is 13.2 Å². The van der Waals surface area contributed by atoms with Crippen LogP contribution in [0.2, 0.25) is 5.02 Å². The summed E-state index contributed by atoms with van der Waals surface area (Å²) in [6.45, 7) is 1.93. The molecule has 1 saturated heterocycles. The van der Waals surface area contributed by atoms with E-state index in [0.29, 0.717) is 12.8 Å². The molecule has 46 heavy (non-hydrogen) atoms. The van der Waals surface area contributed by atoms with E-state index in [1.807, 2.05) is 0 Å². The zero-order chi connectivity index (χ0) is 33.1. The lowest BCUT2D eigenvalue weighted by Gasteiger charge is -2.43. The van der Waals surface area contributed by atoms with Gasteiger partial charge in [0.2, 0.25) is 5.43 Å². The monoisotopic (exact) mass is 664 g/mol. The number of nitrogens with zero attached hydrogens (tertiary/aromatic N) is 4. The van der Waals surface area contributed by atoms with E-state index >= 15 is 8.78 Å². The number of cyclic esters (lactones) is 1. The number of aromatic carboxylic acids is 1. The number of rotatable bonds is 5. The highest BCUT2D eigenvalue weighted by atomic mass is 35.5. The van der Waals surface area contributed by atoms with E-state index in [2.05, 4.69) is 11.8 Å². The number of carbonyl (C=O) groups excluding carboxylic acids is 1. The number of aromatic nitrogens is 1. The molecule has 1 aliphatic carbocycles. The number of anilines is 2. The molecule has 0 radical (unpaired) electrons. The lowest BCUT2D eigenvalue weighted by molar-refractivity contribution is -0.240. The Balaban J connectivity index is 1.27. The molecule has 242 valence electrons. The Bertz CT molecular complexity index is 1890. The fourth-order valence-electron chi connectivity index (χ4n) is 5.79. The maximum absolute atomic E-state index is 15.9. The summed E-state index contributed by atoms with van der Waals surface area (Å²) in [5.74, 6) is 0.970. The third kappa shape index (κ3) is 5.31. The van der Waals surface area contributed by atoms with Crippen molar-refractivity contribution in [3.05, 3.63) is 68.5 Å². The molecule has 3 aromatic rings. The smallest absolute Gasteiger partial charge is 0.445 e. The van der Waals surface area contributed by atoms with Gasteiger partial charge >= 0.3 is 18.2 Å². The number of hydrogen-bond donors (Lipinski definition) is 1. The fraction of sp³-hybridized carbons (Fsp3) is 0.387. The van der Waals surface area contributed by atoms with Gasteiger partial charge in [-0.3, -0.25) is 14.6 Å². The van der Waals surface area contributed by atoms with Crippen molar-refractivity contribution in [1.29, 1.82) is 0 Å². The maximum Gasteiger partial charge on any atom is 0.445 e. The number of pyridine rings is 1. The van der Waals surface area contributed by atoms with E-state index in [1.165, 1.54) is 21.6 Å². The molecule has 1 atom stereocenters. The van der Waals surface area contributed by atoms with Crippen LogP contribution >= 0.6 is 11.6 Å². The molecule has 1 aromatic heterocycles. The molecule has 1 N–H and O–H groups in total. The summed E-state index contributed by atoms with van der Waals surface area (Å²) in [5.41, 5.74) is -5.94. The average molecular weight is 665 g/mol. The molecule has 1 saturated carbocycles. The zero-order valence-electron chi connectivity index (χ0n) is 24.3. The van der Waals surface area contributed by atoms with Gasteiger partial charge in [-0.25, -0.2) is 18.4 Å². The van der Waals surface area contributed by atoms with E-state index in [9.17, 15) is 32.7 Å². The van der Waals surface area contributed by atoms with Crippen LogP contribution in [0.3, 0.4) is 0 Å². The van der Waals surface area contributed by atoms with Gasteiger partial charge in [-0.1, -0.05) is 17.5 Å². The van der Waals surface area contributed by atoms with Gasteiger partial charge in [0.15, 0.2) is 5.82 Å². The van der Waals surface area contributed by atoms with Crippen LogP contribution in [0.5, 0.6) is 0 Å². The molecule has 3 aliphatic rings.